The van der Waals surface area contributed by atoms with Gasteiger partial charge < -0.3 is 15.4 Å². The number of hydrogen-bond acceptors (Lipinski definition) is 3. The maximum absolute atomic E-state index is 12.1. The van der Waals surface area contributed by atoms with Gasteiger partial charge >= 0.3 is 0 Å². The molecule has 0 radical (unpaired) electrons. The number of piperidine rings is 1. The van der Waals surface area contributed by atoms with Crippen LogP contribution in [-0.2, 0) is 9.53 Å². The number of nitrogens with one attached hydrogen (secondary N) is 2. The van der Waals surface area contributed by atoms with Gasteiger partial charge in [-0.05, 0) is 39.0 Å². The highest BCUT2D eigenvalue weighted by Gasteiger charge is 2.28. The molecule has 1 aliphatic carbocycles. The van der Waals surface area contributed by atoms with Crippen LogP contribution in [0.3, 0.4) is 0 Å². The van der Waals surface area contributed by atoms with Gasteiger partial charge in [0, 0.05) is 18.1 Å². The minimum absolute atomic E-state index is 0.0652. The first-order valence-electron chi connectivity index (χ1n) is 8.86. The zero-order chi connectivity index (χ0) is 15.1. The number of ether oxygens (including phenoxy) is 1. The molecule has 0 bridgehead atoms. The molecule has 2 aliphatic rings. The summed E-state index contributed by atoms with van der Waals surface area (Å²) in [4.78, 5) is 12.1. The summed E-state index contributed by atoms with van der Waals surface area (Å²) in [6.07, 6.45) is 10.8. The van der Waals surface area contributed by atoms with E-state index in [9.17, 15) is 4.79 Å². The van der Waals surface area contributed by atoms with Crippen LogP contribution in [0.4, 0.5) is 0 Å². The third-order valence-corrected chi connectivity index (χ3v) is 4.92. The van der Waals surface area contributed by atoms with Crippen molar-refractivity contribution in [2.45, 2.75) is 95.9 Å². The van der Waals surface area contributed by atoms with E-state index in [1.165, 1.54) is 25.7 Å². The molecule has 3 unspecified atom stereocenters. The molecule has 0 aromatic rings. The Morgan fingerprint density at radius 2 is 1.86 bits per heavy atom. The molecule has 0 spiro atoms. The average molecular weight is 296 g/mol. The molecule has 1 aliphatic heterocycles. The molecule has 2 N–H and O–H groups in total. The third kappa shape index (κ3) is 5.59. The van der Waals surface area contributed by atoms with Gasteiger partial charge in [-0.1, -0.05) is 32.6 Å². The van der Waals surface area contributed by atoms with Crippen LogP contribution in [0.15, 0.2) is 0 Å². The van der Waals surface area contributed by atoms with E-state index >= 15 is 0 Å². The Kier molecular flexibility index (Phi) is 6.97. The van der Waals surface area contributed by atoms with Gasteiger partial charge in [0.25, 0.3) is 0 Å². The van der Waals surface area contributed by atoms with Crippen LogP contribution in [0.2, 0.25) is 0 Å². The van der Waals surface area contributed by atoms with Crippen LogP contribution >= 0.6 is 0 Å². The second-order valence-corrected chi connectivity index (χ2v) is 6.77. The molecule has 0 aromatic heterocycles. The number of hydrogen-bond donors (Lipinski definition) is 2. The number of carbonyl (C=O) groups is 1. The molecule has 3 atom stereocenters. The second kappa shape index (κ2) is 8.74. The van der Waals surface area contributed by atoms with Crippen LogP contribution in [-0.4, -0.2) is 36.7 Å². The van der Waals surface area contributed by atoms with Crippen molar-refractivity contribution < 1.29 is 9.53 Å². The third-order valence-electron chi connectivity index (χ3n) is 4.92. The first-order chi connectivity index (χ1) is 10.2. The van der Waals surface area contributed by atoms with Crippen LogP contribution < -0.4 is 10.6 Å². The molecule has 1 amide bonds. The SMILES string of the molecule is CCC1NC(C)CCC1OCC(=O)NC1CCCCCC1. The zero-order valence-corrected chi connectivity index (χ0v) is 13.7. The smallest absolute Gasteiger partial charge is 0.246 e. The number of rotatable bonds is 5. The van der Waals surface area contributed by atoms with Gasteiger partial charge in [0.05, 0.1) is 6.10 Å². The molecule has 2 rings (SSSR count). The van der Waals surface area contributed by atoms with Crippen molar-refractivity contribution >= 4 is 5.91 Å². The molecule has 1 saturated heterocycles. The van der Waals surface area contributed by atoms with Crippen molar-refractivity contribution in [3.63, 3.8) is 0 Å². The highest BCUT2D eigenvalue weighted by atomic mass is 16.5. The maximum Gasteiger partial charge on any atom is 0.246 e. The fourth-order valence-electron chi connectivity index (χ4n) is 3.63. The number of carbonyl (C=O) groups excluding carboxylic acids is 1. The first kappa shape index (κ1) is 16.8. The van der Waals surface area contributed by atoms with E-state index in [0.717, 1.165) is 32.1 Å². The predicted molar refractivity (Wildman–Crippen MR) is 85.3 cm³/mol. The zero-order valence-electron chi connectivity index (χ0n) is 13.7. The monoisotopic (exact) mass is 296 g/mol. The Hall–Kier alpha value is -0.610. The topological polar surface area (TPSA) is 50.4 Å². The van der Waals surface area contributed by atoms with E-state index < -0.39 is 0 Å². The molecule has 21 heavy (non-hydrogen) atoms. The van der Waals surface area contributed by atoms with Crippen LogP contribution in [0.25, 0.3) is 0 Å². The summed E-state index contributed by atoms with van der Waals surface area (Å²) in [7, 11) is 0. The Morgan fingerprint density at radius 3 is 2.52 bits per heavy atom. The van der Waals surface area contributed by atoms with E-state index in [4.69, 9.17) is 4.74 Å². The van der Waals surface area contributed by atoms with E-state index in [-0.39, 0.29) is 18.6 Å². The Bertz CT molecular complexity index is 314. The summed E-state index contributed by atoms with van der Waals surface area (Å²) in [6, 6.07) is 1.32. The van der Waals surface area contributed by atoms with Crippen molar-refractivity contribution in [1.29, 1.82) is 0 Å². The Labute approximate surface area is 129 Å². The molecule has 4 heteroatoms. The van der Waals surface area contributed by atoms with Crippen LogP contribution in [0, 0.1) is 0 Å². The van der Waals surface area contributed by atoms with Crippen molar-refractivity contribution in [3.05, 3.63) is 0 Å². The molecule has 1 saturated carbocycles. The Morgan fingerprint density at radius 1 is 1.14 bits per heavy atom. The minimum atomic E-state index is 0.0652. The largest absolute Gasteiger partial charge is 0.367 e. The minimum Gasteiger partial charge on any atom is -0.367 e. The maximum atomic E-state index is 12.1. The van der Waals surface area contributed by atoms with Crippen molar-refractivity contribution in [3.8, 4) is 0 Å². The molecular formula is C17H32N2O2. The van der Waals surface area contributed by atoms with Gasteiger partial charge in [-0.2, -0.15) is 0 Å². The molecule has 4 nitrogen and oxygen atoms in total. The highest BCUT2D eigenvalue weighted by molar-refractivity contribution is 5.77. The van der Waals surface area contributed by atoms with Gasteiger partial charge in [0.1, 0.15) is 6.61 Å². The summed E-state index contributed by atoms with van der Waals surface area (Å²) >= 11 is 0. The van der Waals surface area contributed by atoms with E-state index in [0.29, 0.717) is 18.1 Å². The average Bonchev–Trinajstić information content (AvgIpc) is 2.74. The molecule has 122 valence electrons. The van der Waals surface area contributed by atoms with Gasteiger partial charge in [-0.25, -0.2) is 0 Å². The van der Waals surface area contributed by atoms with Gasteiger partial charge in [-0.3, -0.25) is 4.79 Å². The van der Waals surface area contributed by atoms with E-state index in [2.05, 4.69) is 24.5 Å². The molecule has 1 heterocycles. The quantitative estimate of drug-likeness (QED) is 0.767. The fourth-order valence-corrected chi connectivity index (χ4v) is 3.63. The summed E-state index contributed by atoms with van der Waals surface area (Å²) in [5.74, 6) is 0.0652. The standard InChI is InChI=1S/C17H32N2O2/c1-3-15-16(11-10-13(2)18-15)21-12-17(20)19-14-8-6-4-5-7-9-14/h13-16,18H,3-12H2,1-2H3,(H,19,20). The van der Waals surface area contributed by atoms with Crippen molar-refractivity contribution in [1.82, 2.24) is 10.6 Å². The van der Waals surface area contributed by atoms with Crippen molar-refractivity contribution in [2.24, 2.45) is 0 Å². The molecular weight excluding hydrogens is 264 g/mol. The Balaban J connectivity index is 1.70. The lowest BCUT2D eigenvalue weighted by molar-refractivity contribution is -0.130. The van der Waals surface area contributed by atoms with Gasteiger partial charge in [0.2, 0.25) is 5.91 Å². The van der Waals surface area contributed by atoms with Crippen molar-refractivity contribution in [2.75, 3.05) is 6.61 Å². The van der Waals surface area contributed by atoms with E-state index in [1.54, 1.807) is 0 Å². The fraction of sp³-hybridized carbons (Fsp3) is 0.941. The van der Waals surface area contributed by atoms with Gasteiger partial charge in [0.15, 0.2) is 0 Å². The second-order valence-electron chi connectivity index (χ2n) is 6.77. The van der Waals surface area contributed by atoms with E-state index in [1.807, 2.05) is 0 Å². The summed E-state index contributed by atoms with van der Waals surface area (Å²) in [5, 5.41) is 6.73. The lowest BCUT2D eigenvalue weighted by atomic mass is 9.95. The summed E-state index contributed by atoms with van der Waals surface area (Å²) in [6.45, 7) is 4.61. The molecule has 2 fully saturated rings. The normalized spacial score (nSPS) is 31.6. The van der Waals surface area contributed by atoms with Crippen LogP contribution in [0.5, 0.6) is 0 Å². The summed E-state index contributed by atoms with van der Waals surface area (Å²) < 4.78 is 5.89. The highest BCUT2D eigenvalue weighted by Crippen LogP contribution is 2.19. The lowest BCUT2D eigenvalue weighted by Gasteiger charge is -2.35. The first-order valence-corrected chi connectivity index (χ1v) is 8.86. The number of amides is 1. The van der Waals surface area contributed by atoms with Gasteiger partial charge in [-0.15, -0.1) is 0 Å². The summed E-state index contributed by atoms with van der Waals surface area (Å²) in [5.41, 5.74) is 0. The predicted octanol–water partition coefficient (Wildman–Crippen LogP) is 2.76. The van der Waals surface area contributed by atoms with Crippen LogP contribution in [0.1, 0.15) is 71.6 Å². The lowest BCUT2D eigenvalue weighted by Crippen LogP contribution is -2.50. The molecule has 0 aromatic carbocycles.